The van der Waals surface area contributed by atoms with Crippen molar-refractivity contribution in [3.05, 3.63) is 17.8 Å². The molecule has 0 aliphatic heterocycles. The Morgan fingerprint density at radius 1 is 1.44 bits per heavy atom. The molecule has 1 fully saturated rings. The lowest BCUT2D eigenvalue weighted by Crippen LogP contribution is -2.43. The predicted octanol–water partition coefficient (Wildman–Crippen LogP) is 1.28. The highest BCUT2D eigenvalue weighted by atomic mass is 16.3. The number of nitrogens with zero attached hydrogens (tertiary/aromatic N) is 3. The number of nitrogens with two attached hydrogens (primary N) is 1. The summed E-state index contributed by atoms with van der Waals surface area (Å²) in [4.78, 5) is 6.18. The first-order valence-corrected chi connectivity index (χ1v) is 6.21. The molecular formula is C13H18N4O. The van der Waals surface area contributed by atoms with Crippen molar-refractivity contribution in [2.75, 3.05) is 17.7 Å². The Hall–Kier alpha value is -1.80. The lowest BCUT2D eigenvalue weighted by molar-refractivity contribution is 0.106. The monoisotopic (exact) mass is 246 g/mol. The Balaban J connectivity index is 2.22. The molecule has 5 heteroatoms. The average Bonchev–Trinajstić information content (AvgIpc) is 2.39. The Morgan fingerprint density at radius 3 is 2.83 bits per heavy atom. The van der Waals surface area contributed by atoms with Crippen LogP contribution in [0.5, 0.6) is 0 Å². The van der Waals surface area contributed by atoms with E-state index >= 15 is 0 Å². The number of anilines is 2. The summed E-state index contributed by atoms with van der Waals surface area (Å²) in [6.07, 6.45) is 3.64. The first kappa shape index (κ1) is 12.7. The fraction of sp³-hybridized carbons (Fsp3) is 0.538. The summed E-state index contributed by atoms with van der Waals surface area (Å²) in [5.74, 6) is 0.687. The quantitative estimate of drug-likeness (QED) is 0.820. The third-order valence-corrected chi connectivity index (χ3v) is 3.57. The molecule has 2 rings (SSSR count). The van der Waals surface area contributed by atoms with Gasteiger partial charge in [0.1, 0.15) is 11.9 Å². The maximum atomic E-state index is 10.0. The van der Waals surface area contributed by atoms with Crippen LogP contribution in [0.3, 0.4) is 0 Å². The standard InChI is InChI=1S/C13H18N4O/c1-17(11-4-2-3-5-12(11)18)13-7-6-9(15)10(8-14)16-13/h6-7,11-12,18H,2-5,15H2,1H3. The molecule has 1 saturated carbocycles. The minimum atomic E-state index is -0.325. The van der Waals surface area contributed by atoms with Gasteiger partial charge in [-0.1, -0.05) is 12.8 Å². The predicted molar refractivity (Wildman–Crippen MR) is 70.0 cm³/mol. The molecule has 0 radical (unpaired) electrons. The van der Waals surface area contributed by atoms with E-state index in [4.69, 9.17) is 11.0 Å². The van der Waals surface area contributed by atoms with Gasteiger partial charge < -0.3 is 15.7 Å². The molecule has 2 unspecified atom stereocenters. The lowest BCUT2D eigenvalue weighted by Gasteiger charge is -2.35. The SMILES string of the molecule is CN(c1ccc(N)c(C#N)n1)C1CCCCC1O. The summed E-state index contributed by atoms with van der Waals surface area (Å²) in [5.41, 5.74) is 6.28. The molecule has 0 saturated heterocycles. The van der Waals surface area contributed by atoms with E-state index in [1.54, 1.807) is 12.1 Å². The van der Waals surface area contributed by atoms with Crippen LogP contribution in [0.2, 0.25) is 0 Å². The lowest BCUT2D eigenvalue weighted by atomic mass is 9.91. The van der Waals surface area contributed by atoms with Crippen LogP contribution in [-0.2, 0) is 0 Å². The maximum Gasteiger partial charge on any atom is 0.165 e. The second-order valence-corrected chi connectivity index (χ2v) is 4.75. The number of hydrogen-bond acceptors (Lipinski definition) is 5. The van der Waals surface area contributed by atoms with Gasteiger partial charge in [-0.3, -0.25) is 0 Å². The minimum Gasteiger partial charge on any atom is -0.396 e. The summed E-state index contributed by atoms with van der Waals surface area (Å²) in [6.45, 7) is 0. The molecular weight excluding hydrogens is 228 g/mol. The molecule has 1 aliphatic carbocycles. The van der Waals surface area contributed by atoms with Gasteiger partial charge in [-0.15, -0.1) is 0 Å². The number of pyridine rings is 1. The maximum absolute atomic E-state index is 10.0. The number of aromatic nitrogens is 1. The van der Waals surface area contributed by atoms with Crippen molar-refractivity contribution in [2.45, 2.75) is 37.8 Å². The summed E-state index contributed by atoms with van der Waals surface area (Å²) < 4.78 is 0. The van der Waals surface area contributed by atoms with E-state index in [-0.39, 0.29) is 17.8 Å². The molecule has 0 amide bonds. The summed E-state index contributed by atoms with van der Waals surface area (Å²) in [6, 6.07) is 5.53. The van der Waals surface area contributed by atoms with Crippen molar-refractivity contribution < 1.29 is 5.11 Å². The van der Waals surface area contributed by atoms with Crippen LogP contribution in [0.15, 0.2) is 12.1 Å². The second-order valence-electron chi connectivity index (χ2n) is 4.75. The van der Waals surface area contributed by atoms with Gasteiger partial charge in [-0.05, 0) is 25.0 Å². The smallest absolute Gasteiger partial charge is 0.165 e. The van der Waals surface area contributed by atoms with Gasteiger partial charge in [0.15, 0.2) is 5.69 Å². The van der Waals surface area contributed by atoms with Crippen molar-refractivity contribution in [3.8, 4) is 6.07 Å². The van der Waals surface area contributed by atoms with Crippen LogP contribution < -0.4 is 10.6 Å². The molecule has 96 valence electrons. The Bertz CT molecular complexity index is 469. The van der Waals surface area contributed by atoms with E-state index < -0.39 is 0 Å². The van der Waals surface area contributed by atoms with Gasteiger partial charge in [0, 0.05) is 7.05 Å². The molecule has 0 bridgehead atoms. The van der Waals surface area contributed by atoms with Crippen LogP contribution in [0, 0.1) is 11.3 Å². The molecule has 1 aliphatic rings. The number of nitriles is 1. The third-order valence-electron chi connectivity index (χ3n) is 3.57. The van der Waals surface area contributed by atoms with Crippen molar-refractivity contribution in [1.29, 1.82) is 5.26 Å². The van der Waals surface area contributed by atoms with Gasteiger partial charge in [-0.25, -0.2) is 4.98 Å². The van der Waals surface area contributed by atoms with E-state index in [1.165, 1.54) is 0 Å². The molecule has 0 aromatic carbocycles. The summed E-state index contributed by atoms with van der Waals surface area (Å²) in [5, 5.41) is 18.9. The van der Waals surface area contributed by atoms with Crippen molar-refractivity contribution >= 4 is 11.5 Å². The van der Waals surface area contributed by atoms with E-state index in [1.807, 2.05) is 18.0 Å². The summed E-state index contributed by atoms with van der Waals surface area (Å²) in [7, 11) is 1.90. The first-order chi connectivity index (χ1) is 8.63. The van der Waals surface area contributed by atoms with E-state index in [2.05, 4.69) is 4.98 Å². The molecule has 3 N–H and O–H groups in total. The van der Waals surface area contributed by atoms with Gasteiger partial charge in [0.25, 0.3) is 0 Å². The number of aliphatic hydroxyl groups excluding tert-OH is 1. The zero-order valence-electron chi connectivity index (χ0n) is 10.5. The number of nitrogen functional groups attached to an aromatic ring is 1. The van der Waals surface area contributed by atoms with Crippen molar-refractivity contribution in [1.82, 2.24) is 4.98 Å². The third kappa shape index (κ3) is 2.39. The Kier molecular flexibility index (Phi) is 3.68. The van der Waals surface area contributed by atoms with Gasteiger partial charge in [-0.2, -0.15) is 5.26 Å². The fourth-order valence-corrected chi connectivity index (χ4v) is 2.46. The topological polar surface area (TPSA) is 86.2 Å². The normalized spacial score (nSPS) is 23.4. The molecule has 18 heavy (non-hydrogen) atoms. The Labute approximate surface area is 107 Å². The van der Waals surface area contributed by atoms with E-state index in [0.717, 1.165) is 25.7 Å². The van der Waals surface area contributed by atoms with Crippen LogP contribution >= 0.6 is 0 Å². The largest absolute Gasteiger partial charge is 0.396 e. The van der Waals surface area contributed by atoms with Crippen molar-refractivity contribution in [3.63, 3.8) is 0 Å². The highest BCUT2D eigenvalue weighted by molar-refractivity contribution is 5.55. The first-order valence-electron chi connectivity index (χ1n) is 6.21. The zero-order chi connectivity index (χ0) is 13.1. The molecule has 1 aromatic heterocycles. The number of rotatable bonds is 2. The average molecular weight is 246 g/mol. The van der Waals surface area contributed by atoms with Gasteiger partial charge >= 0.3 is 0 Å². The Morgan fingerprint density at radius 2 is 2.17 bits per heavy atom. The fourth-order valence-electron chi connectivity index (χ4n) is 2.46. The molecule has 2 atom stereocenters. The number of hydrogen-bond donors (Lipinski definition) is 2. The van der Waals surface area contributed by atoms with E-state index in [9.17, 15) is 5.11 Å². The molecule has 1 heterocycles. The number of likely N-dealkylation sites (N-methyl/N-ethyl adjacent to an activating group) is 1. The highest BCUT2D eigenvalue weighted by Crippen LogP contribution is 2.26. The van der Waals surface area contributed by atoms with Gasteiger partial charge in [0.05, 0.1) is 17.8 Å². The van der Waals surface area contributed by atoms with Gasteiger partial charge in [0.2, 0.25) is 0 Å². The van der Waals surface area contributed by atoms with E-state index in [0.29, 0.717) is 11.5 Å². The highest BCUT2D eigenvalue weighted by Gasteiger charge is 2.27. The molecule has 1 aromatic rings. The van der Waals surface area contributed by atoms with Crippen LogP contribution in [0.1, 0.15) is 31.4 Å². The van der Waals surface area contributed by atoms with Crippen LogP contribution in [-0.4, -0.2) is 29.3 Å². The number of aliphatic hydroxyl groups is 1. The zero-order valence-corrected chi connectivity index (χ0v) is 10.5. The second kappa shape index (κ2) is 5.23. The van der Waals surface area contributed by atoms with Crippen LogP contribution in [0.25, 0.3) is 0 Å². The minimum absolute atomic E-state index is 0.0708. The molecule has 5 nitrogen and oxygen atoms in total. The van der Waals surface area contributed by atoms with Crippen molar-refractivity contribution in [2.24, 2.45) is 0 Å². The summed E-state index contributed by atoms with van der Waals surface area (Å²) >= 11 is 0. The molecule has 0 spiro atoms. The van der Waals surface area contributed by atoms with Crippen LogP contribution in [0.4, 0.5) is 11.5 Å².